The number of benzene rings is 2. The molecule has 0 saturated heterocycles. The number of rotatable bonds is 6. The van der Waals surface area contributed by atoms with Gasteiger partial charge in [-0.2, -0.15) is 0 Å². The van der Waals surface area contributed by atoms with Crippen LogP contribution in [0.1, 0.15) is 22.8 Å². The third-order valence-electron chi connectivity index (χ3n) is 5.59. The molecule has 0 fully saturated rings. The molecule has 8 nitrogen and oxygen atoms in total. The van der Waals surface area contributed by atoms with Gasteiger partial charge in [-0.25, -0.2) is 0 Å². The van der Waals surface area contributed by atoms with E-state index in [4.69, 9.17) is 18.9 Å². The predicted octanol–water partition coefficient (Wildman–Crippen LogP) is 3.68. The number of thiazole rings is 1. The van der Waals surface area contributed by atoms with Crippen molar-refractivity contribution in [2.75, 3.05) is 33.3 Å². The number of fused-ring (bicyclic) bond motifs is 1. The van der Waals surface area contributed by atoms with Crippen molar-refractivity contribution in [2.24, 2.45) is 7.05 Å². The van der Waals surface area contributed by atoms with Gasteiger partial charge in [-0.3, -0.25) is 19.1 Å². The third kappa shape index (κ3) is 3.48. The first kappa shape index (κ1) is 21.8. The number of hydrogen-bond acceptors (Lipinski definition) is 7. The number of anilines is 2. The summed E-state index contributed by atoms with van der Waals surface area (Å²) in [7, 11) is 7.90. The highest BCUT2D eigenvalue weighted by Gasteiger charge is 2.38. The third-order valence-corrected chi connectivity index (χ3v) is 6.72. The minimum Gasteiger partial charge on any atom is -0.497 e. The summed E-state index contributed by atoms with van der Waals surface area (Å²) in [6.45, 7) is 0. The highest BCUT2D eigenvalue weighted by atomic mass is 32.1. The van der Waals surface area contributed by atoms with Gasteiger partial charge in [0.05, 0.1) is 39.0 Å². The van der Waals surface area contributed by atoms with Crippen molar-refractivity contribution < 1.29 is 23.7 Å². The smallest absolute Gasteiger partial charge is 0.308 e. The van der Waals surface area contributed by atoms with Crippen LogP contribution < -0.4 is 28.7 Å². The molecule has 0 N–H and O–H groups in total. The lowest BCUT2D eigenvalue weighted by molar-refractivity contribution is -0.118. The summed E-state index contributed by atoms with van der Waals surface area (Å²) in [5, 5.41) is 0. The van der Waals surface area contributed by atoms with E-state index in [9.17, 15) is 9.59 Å². The lowest BCUT2D eigenvalue weighted by Gasteiger charge is -2.32. The van der Waals surface area contributed by atoms with Crippen molar-refractivity contribution in [1.82, 2.24) is 4.57 Å². The summed E-state index contributed by atoms with van der Waals surface area (Å²) in [6.07, 6.45) is 0.192. The molecule has 32 heavy (non-hydrogen) atoms. The van der Waals surface area contributed by atoms with Gasteiger partial charge in [0.2, 0.25) is 11.7 Å². The second-order valence-corrected chi connectivity index (χ2v) is 8.25. The van der Waals surface area contributed by atoms with Gasteiger partial charge in [0.25, 0.3) is 0 Å². The SMILES string of the molecule is COc1ccc(N2C(=O)CC(c3cc(OC)c(OC)c(OC)c3)c3sc(=O)n(C)c32)cc1. The lowest BCUT2D eigenvalue weighted by Crippen LogP contribution is -2.34. The number of hydrogen-bond donors (Lipinski definition) is 0. The number of ether oxygens (including phenoxy) is 4. The summed E-state index contributed by atoms with van der Waals surface area (Å²) >= 11 is 1.14. The second kappa shape index (κ2) is 8.58. The highest BCUT2D eigenvalue weighted by molar-refractivity contribution is 7.10. The number of nitrogens with zero attached hydrogens (tertiary/aromatic N) is 2. The Hall–Kier alpha value is -3.46. The van der Waals surface area contributed by atoms with Crippen molar-refractivity contribution in [1.29, 1.82) is 0 Å². The van der Waals surface area contributed by atoms with Gasteiger partial charge < -0.3 is 18.9 Å². The predicted molar refractivity (Wildman–Crippen MR) is 122 cm³/mol. The fourth-order valence-electron chi connectivity index (χ4n) is 3.99. The molecule has 0 bridgehead atoms. The van der Waals surface area contributed by atoms with Crippen LogP contribution in [0.25, 0.3) is 0 Å². The van der Waals surface area contributed by atoms with Crippen molar-refractivity contribution >= 4 is 28.7 Å². The van der Waals surface area contributed by atoms with Gasteiger partial charge in [0.15, 0.2) is 11.5 Å². The van der Waals surface area contributed by atoms with Gasteiger partial charge in [0, 0.05) is 19.4 Å². The molecule has 3 aromatic rings. The molecule has 9 heteroatoms. The van der Waals surface area contributed by atoms with E-state index in [1.165, 1.54) is 11.7 Å². The molecule has 2 aromatic carbocycles. The van der Waals surface area contributed by atoms with E-state index >= 15 is 0 Å². The average Bonchev–Trinajstić information content (AvgIpc) is 3.11. The number of carbonyl (C=O) groups excluding carboxylic acids is 1. The lowest BCUT2D eigenvalue weighted by atomic mass is 9.90. The number of methoxy groups -OCH3 is 4. The fourth-order valence-corrected chi connectivity index (χ4v) is 5.09. The van der Waals surface area contributed by atoms with Crippen LogP contribution in [0.5, 0.6) is 23.0 Å². The number of amides is 1. The largest absolute Gasteiger partial charge is 0.497 e. The topological polar surface area (TPSA) is 79.2 Å². The van der Waals surface area contributed by atoms with Gasteiger partial charge in [-0.05, 0) is 42.0 Å². The van der Waals surface area contributed by atoms with E-state index < -0.39 is 0 Å². The summed E-state index contributed by atoms with van der Waals surface area (Å²) in [5.74, 6) is 2.29. The maximum atomic E-state index is 13.4. The Morgan fingerprint density at radius 3 is 2.06 bits per heavy atom. The maximum absolute atomic E-state index is 13.4. The summed E-state index contributed by atoms with van der Waals surface area (Å²) in [6, 6.07) is 10.9. The molecular weight excluding hydrogens is 432 g/mol. The molecule has 168 valence electrons. The molecule has 0 saturated carbocycles. The normalized spacial score (nSPS) is 15.3. The van der Waals surface area contributed by atoms with E-state index in [0.717, 1.165) is 21.8 Å². The first-order chi connectivity index (χ1) is 15.4. The molecule has 0 spiro atoms. The van der Waals surface area contributed by atoms with Gasteiger partial charge in [0.1, 0.15) is 11.6 Å². The summed E-state index contributed by atoms with van der Waals surface area (Å²) < 4.78 is 23.1. The highest BCUT2D eigenvalue weighted by Crippen LogP contribution is 2.48. The van der Waals surface area contributed by atoms with Crippen molar-refractivity contribution in [3.63, 3.8) is 0 Å². The minimum absolute atomic E-state index is 0.116. The van der Waals surface area contributed by atoms with E-state index in [0.29, 0.717) is 34.5 Å². The molecule has 0 aliphatic carbocycles. The van der Waals surface area contributed by atoms with Crippen LogP contribution in [0.15, 0.2) is 41.2 Å². The van der Waals surface area contributed by atoms with Crippen molar-refractivity contribution in [2.45, 2.75) is 12.3 Å². The first-order valence-corrected chi connectivity index (χ1v) is 10.7. The monoisotopic (exact) mass is 456 g/mol. The Bertz CT molecular complexity index is 1190. The molecule has 1 unspecified atom stereocenters. The van der Waals surface area contributed by atoms with Crippen molar-refractivity contribution in [3.05, 3.63) is 56.5 Å². The Morgan fingerprint density at radius 2 is 1.53 bits per heavy atom. The molecule has 1 amide bonds. The van der Waals surface area contributed by atoms with Crippen LogP contribution in [0.3, 0.4) is 0 Å². The molecule has 0 radical (unpaired) electrons. The molecular formula is C23H24N2O6S. The molecule has 1 atom stereocenters. The Morgan fingerprint density at radius 1 is 0.906 bits per heavy atom. The molecule has 2 heterocycles. The Labute approximate surface area is 189 Å². The zero-order chi connectivity index (χ0) is 23.0. The van der Waals surface area contributed by atoms with Crippen molar-refractivity contribution in [3.8, 4) is 23.0 Å². The van der Waals surface area contributed by atoms with Crippen LogP contribution in [0.2, 0.25) is 0 Å². The molecule has 1 aliphatic rings. The quantitative estimate of drug-likeness (QED) is 0.563. The van der Waals surface area contributed by atoms with E-state index in [2.05, 4.69) is 0 Å². The van der Waals surface area contributed by atoms with E-state index in [1.807, 2.05) is 24.3 Å². The second-order valence-electron chi connectivity index (χ2n) is 7.26. The van der Waals surface area contributed by atoms with Gasteiger partial charge in [-0.1, -0.05) is 11.3 Å². The van der Waals surface area contributed by atoms with Crippen LogP contribution in [-0.2, 0) is 11.8 Å². The van der Waals surface area contributed by atoms with Crippen LogP contribution in [0.4, 0.5) is 11.5 Å². The number of aromatic nitrogens is 1. The fraction of sp³-hybridized carbons (Fsp3) is 0.304. The molecule has 1 aromatic heterocycles. The summed E-state index contributed by atoms with van der Waals surface area (Å²) in [5.41, 5.74) is 1.49. The minimum atomic E-state index is -0.320. The first-order valence-electron chi connectivity index (χ1n) is 9.90. The maximum Gasteiger partial charge on any atom is 0.308 e. The zero-order valence-electron chi connectivity index (χ0n) is 18.5. The van der Waals surface area contributed by atoms with Crippen LogP contribution in [-0.4, -0.2) is 38.9 Å². The standard InChI is InChI=1S/C23H24N2O6S/c1-24-22-21(32-23(24)27)16(13-10-17(29-3)20(31-5)18(11-13)30-4)12-19(26)25(22)14-6-8-15(28-2)9-7-14/h6-11,16H,12H2,1-5H3. The average molecular weight is 457 g/mol. The van der Waals surface area contributed by atoms with E-state index in [1.54, 1.807) is 45.4 Å². The molecule has 4 rings (SSSR count). The van der Waals surface area contributed by atoms with E-state index in [-0.39, 0.29) is 23.1 Å². The summed E-state index contributed by atoms with van der Waals surface area (Å²) in [4.78, 5) is 28.3. The Balaban J connectivity index is 1.87. The Kier molecular flexibility index (Phi) is 5.84. The zero-order valence-corrected chi connectivity index (χ0v) is 19.3. The van der Waals surface area contributed by atoms with Gasteiger partial charge in [-0.15, -0.1) is 0 Å². The van der Waals surface area contributed by atoms with Gasteiger partial charge >= 0.3 is 4.87 Å². The van der Waals surface area contributed by atoms with Crippen LogP contribution >= 0.6 is 11.3 Å². The molecule has 1 aliphatic heterocycles. The number of carbonyl (C=O) groups is 1. The van der Waals surface area contributed by atoms with Crippen LogP contribution in [0, 0.1) is 0 Å².